The fraction of sp³-hybridized carbons (Fsp3) is 0.500. The first-order chi connectivity index (χ1) is 8.66. The summed E-state index contributed by atoms with van der Waals surface area (Å²) < 4.78 is 5.28. The molecule has 1 amide bonds. The molecule has 18 heavy (non-hydrogen) atoms. The highest BCUT2D eigenvalue weighted by Crippen LogP contribution is 2.17. The summed E-state index contributed by atoms with van der Waals surface area (Å²) in [5.74, 6) is 0.616. The Morgan fingerprint density at radius 1 is 1.67 bits per heavy atom. The number of aromatic nitrogens is 1. The van der Waals surface area contributed by atoms with E-state index < -0.39 is 0 Å². The third kappa shape index (κ3) is 3.34. The molecule has 1 unspecified atom stereocenters. The van der Waals surface area contributed by atoms with Crippen molar-refractivity contribution in [2.24, 2.45) is 5.92 Å². The van der Waals surface area contributed by atoms with Crippen molar-refractivity contribution in [2.45, 2.75) is 12.8 Å². The van der Waals surface area contributed by atoms with Gasteiger partial charge in [-0.15, -0.1) is 0 Å². The number of ether oxygens (including phenoxy) is 1. The van der Waals surface area contributed by atoms with Crippen LogP contribution >= 0.6 is 11.6 Å². The van der Waals surface area contributed by atoms with Crippen molar-refractivity contribution >= 4 is 23.3 Å². The van der Waals surface area contributed by atoms with Gasteiger partial charge in [-0.2, -0.15) is 0 Å². The maximum atomic E-state index is 11.9. The second kappa shape index (κ2) is 6.02. The van der Waals surface area contributed by atoms with E-state index in [9.17, 15) is 4.79 Å². The van der Waals surface area contributed by atoms with E-state index in [1.807, 2.05) is 0 Å². The summed E-state index contributed by atoms with van der Waals surface area (Å²) in [4.78, 5) is 15.7. The smallest absolute Gasteiger partial charge is 0.252 e. The zero-order chi connectivity index (χ0) is 13.0. The van der Waals surface area contributed by atoms with Crippen molar-refractivity contribution in [1.29, 1.82) is 0 Å². The number of carbonyl (C=O) groups is 1. The van der Waals surface area contributed by atoms with E-state index in [0.29, 0.717) is 23.0 Å². The van der Waals surface area contributed by atoms with Gasteiger partial charge in [-0.1, -0.05) is 11.6 Å². The van der Waals surface area contributed by atoms with Crippen molar-refractivity contribution in [2.75, 3.05) is 25.5 Å². The van der Waals surface area contributed by atoms with E-state index in [4.69, 9.17) is 22.1 Å². The first kappa shape index (κ1) is 13.1. The summed E-state index contributed by atoms with van der Waals surface area (Å²) in [5.41, 5.74) is 5.89. The lowest BCUT2D eigenvalue weighted by molar-refractivity contribution is 0.0950. The monoisotopic (exact) mass is 269 g/mol. The minimum absolute atomic E-state index is 0.215. The number of nitrogens with one attached hydrogen (secondary N) is 1. The lowest BCUT2D eigenvalue weighted by atomic mass is 10.1. The number of nitrogens with zero attached hydrogens (tertiary/aromatic N) is 1. The van der Waals surface area contributed by atoms with Crippen molar-refractivity contribution in [3.63, 3.8) is 0 Å². The Labute approximate surface area is 111 Å². The average Bonchev–Trinajstić information content (AvgIpc) is 2.85. The molecule has 2 rings (SSSR count). The van der Waals surface area contributed by atoms with Gasteiger partial charge in [0.05, 0.1) is 10.6 Å². The lowest BCUT2D eigenvalue weighted by Crippen LogP contribution is -2.26. The molecule has 6 heteroatoms. The van der Waals surface area contributed by atoms with Crippen LogP contribution in [0.5, 0.6) is 0 Å². The van der Waals surface area contributed by atoms with Crippen molar-refractivity contribution in [3.05, 3.63) is 22.8 Å². The number of halogens is 1. The van der Waals surface area contributed by atoms with E-state index in [1.165, 1.54) is 12.3 Å². The maximum absolute atomic E-state index is 11.9. The lowest BCUT2D eigenvalue weighted by Gasteiger charge is -2.09. The largest absolute Gasteiger partial charge is 0.384 e. The standard InChI is InChI=1S/C12H16ClN3O2/c13-10-6-16-11(14)5-9(10)12(17)15-3-1-8-2-4-18-7-8/h5-6,8H,1-4,7H2,(H2,14,16)(H,15,17). The van der Waals surface area contributed by atoms with Crippen LogP contribution in [0.3, 0.4) is 0 Å². The molecule has 0 bridgehead atoms. The molecular formula is C12H16ClN3O2. The third-order valence-corrected chi connectivity index (χ3v) is 3.28. The predicted molar refractivity (Wildman–Crippen MR) is 69.5 cm³/mol. The molecule has 2 heterocycles. The quantitative estimate of drug-likeness (QED) is 0.868. The molecule has 1 aromatic heterocycles. The fourth-order valence-corrected chi connectivity index (χ4v) is 2.11. The molecule has 0 aliphatic carbocycles. The van der Waals surface area contributed by atoms with E-state index >= 15 is 0 Å². The minimum atomic E-state index is -0.215. The van der Waals surface area contributed by atoms with Crippen LogP contribution in [0.4, 0.5) is 5.82 Å². The summed E-state index contributed by atoms with van der Waals surface area (Å²) in [7, 11) is 0. The number of carbonyl (C=O) groups excluding carboxylic acids is 1. The van der Waals surface area contributed by atoms with Crippen LogP contribution in [0.25, 0.3) is 0 Å². The van der Waals surface area contributed by atoms with Crippen LogP contribution in [-0.4, -0.2) is 30.6 Å². The molecule has 98 valence electrons. The molecule has 0 aromatic carbocycles. The van der Waals surface area contributed by atoms with E-state index in [1.54, 1.807) is 0 Å². The van der Waals surface area contributed by atoms with Gasteiger partial charge in [0.15, 0.2) is 0 Å². The topological polar surface area (TPSA) is 77.2 Å². The number of hydrogen-bond donors (Lipinski definition) is 2. The van der Waals surface area contributed by atoms with Gasteiger partial charge in [0.2, 0.25) is 0 Å². The maximum Gasteiger partial charge on any atom is 0.252 e. The highest BCUT2D eigenvalue weighted by Gasteiger charge is 2.16. The molecular weight excluding hydrogens is 254 g/mol. The first-order valence-electron chi connectivity index (χ1n) is 5.94. The molecule has 1 atom stereocenters. The number of anilines is 1. The molecule has 1 fully saturated rings. The second-order valence-corrected chi connectivity index (χ2v) is 4.77. The van der Waals surface area contributed by atoms with Crippen LogP contribution in [0.2, 0.25) is 5.02 Å². The van der Waals surface area contributed by atoms with Gasteiger partial charge in [0, 0.05) is 26.0 Å². The van der Waals surface area contributed by atoms with Crippen molar-refractivity contribution < 1.29 is 9.53 Å². The summed E-state index contributed by atoms with van der Waals surface area (Å²) in [5, 5.41) is 3.14. The molecule has 1 aromatic rings. The van der Waals surface area contributed by atoms with Gasteiger partial charge < -0.3 is 15.8 Å². The van der Waals surface area contributed by atoms with Crippen LogP contribution in [-0.2, 0) is 4.74 Å². The second-order valence-electron chi connectivity index (χ2n) is 4.36. The normalized spacial score (nSPS) is 18.8. The number of nitrogens with two attached hydrogens (primary N) is 1. The zero-order valence-corrected chi connectivity index (χ0v) is 10.7. The SMILES string of the molecule is Nc1cc(C(=O)NCCC2CCOC2)c(Cl)cn1. The van der Waals surface area contributed by atoms with Gasteiger partial charge in [-0.3, -0.25) is 4.79 Å². The van der Waals surface area contributed by atoms with Gasteiger partial charge in [-0.25, -0.2) is 4.98 Å². The minimum Gasteiger partial charge on any atom is -0.384 e. The Kier molecular flexibility index (Phi) is 4.38. The first-order valence-corrected chi connectivity index (χ1v) is 6.31. The number of amides is 1. The molecule has 0 saturated carbocycles. The predicted octanol–water partition coefficient (Wildman–Crippen LogP) is 1.47. The van der Waals surface area contributed by atoms with Crippen molar-refractivity contribution in [1.82, 2.24) is 10.3 Å². The summed E-state index contributed by atoms with van der Waals surface area (Å²) in [6, 6.07) is 1.48. The van der Waals surface area contributed by atoms with E-state index in [-0.39, 0.29) is 11.7 Å². The molecule has 0 radical (unpaired) electrons. The van der Waals surface area contributed by atoms with Gasteiger partial charge in [-0.05, 0) is 24.8 Å². The Morgan fingerprint density at radius 2 is 2.50 bits per heavy atom. The Morgan fingerprint density at radius 3 is 3.22 bits per heavy atom. The van der Waals surface area contributed by atoms with Crippen LogP contribution in [0.15, 0.2) is 12.3 Å². The van der Waals surface area contributed by atoms with Crippen LogP contribution in [0, 0.1) is 5.92 Å². The van der Waals surface area contributed by atoms with Gasteiger partial charge >= 0.3 is 0 Å². The summed E-state index contributed by atoms with van der Waals surface area (Å²) in [6.45, 7) is 2.23. The van der Waals surface area contributed by atoms with Crippen LogP contribution in [0.1, 0.15) is 23.2 Å². The van der Waals surface area contributed by atoms with E-state index in [0.717, 1.165) is 26.1 Å². The Bertz CT molecular complexity index is 433. The van der Waals surface area contributed by atoms with Crippen LogP contribution < -0.4 is 11.1 Å². The number of pyridine rings is 1. The number of hydrogen-bond acceptors (Lipinski definition) is 4. The van der Waals surface area contributed by atoms with Gasteiger partial charge in [0.25, 0.3) is 5.91 Å². The molecule has 5 nitrogen and oxygen atoms in total. The van der Waals surface area contributed by atoms with Crippen molar-refractivity contribution in [3.8, 4) is 0 Å². The summed E-state index contributed by atoms with van der Waals surface area (Å²) in [6.07, 6.45) is 3.37. The number of rotatable bonds is 4. The van der Waals surface area contributed by atoms with E-state index in [2.05, 4.69) is 10.3 Å². The molecule has 1 aliphatic rings. The Hall–Kier alpha value is -1.33. The highest BCUT2D eigenvalue weighted by atomic mass is 35.5. The fourth-order valence-electron chi connectivity index (χ4n) is 1.92. The molecule has 1 saturated heterocycles. The Balaban J connectivity index is 1.85. The molecule has 0 spiro atoms. The molecule has 3 N–H and O–H groups in total. The molecule has 1 aliphatic heterocycles. The third-order valence-electron chi connectivity index (χ3n) is 2.98. The number of nitrogen functional groups attached to an aromatic ring is 1. The summed E-state index contributed by atoms with van der Waals surface area (Å²) >= 11 is 5.90. The zero-order valence-electron chi connectivity index (χ0n) is 9.99. The van der Waals surface area contributed by atoms with Gasteiger partial charge in [0.1, 0.15) is 5.82 Å². The highest BCUT2D eigenvalue weighted by molar-refractivity contribution is 6.33. The average molecular weight is 270 g/mol.